The first-order chi connectivity index (χ1) is 3.13. The smallest absolute Gasteiger partial charge is 0.131 e. The van der Waals surface area contributed by atoms with Crippen LogP contribution in [0.5, 0.6) is 0 Å². The van der Waals surface area contributed by atoms with E-state index in [0.717, 1.165) is 0 Å². The van der Waals surface area contributed by atoms with E-state index < -0.39 is 16.5 Å². The van der Waals surface area contributed by atoms with Gasteiger partial charge in [-0.25, -0.2) is 0 Å². The van der Waals surface area contributed by atoms with Crippen LogP contribution in [0.2, 0.25) is 0 Å². The standard InChI is InChI=1S/Al.O5P2.3H/c;1-6(2)5-7(3)4;;;/p+2. The summed E-state index contributed by atoms with van der Waals surface area (Å²) in [4.78, 5) is 15.3. The zero-order valence-corrected chi connectivity index (χ0v) is 4.80. The summed E-state index contributed by atoms with van der Waals surface area (Å²) in [6.07, 6.45) is 0. The van der Waals surface area contributed by atoms with Crippen molar-refractivity contribution in [2.75, 3.05) is 0 Å². The zero-order valence-electron chi connectivity index (χ0n) is 3.01. The highest BCUT2D eigenvalue weighted by molar-refractivity contribution is 7.46. The molecule has 0 radical (unpaired) electrons. The topological polar surface area (TPSA) is 83.8 Å². The Labute approximate surface area is 57.7 Å². The molecule has 2 unspecified atom stereocenters. The lowest BCUT2D eigenvalue weighted by atomic mass is 15.8. The summed E-state index contributed by atoms with van der Waals surface area (Å²) in [5.41, 5.74) is 0. The molecule has 0 saturated carbocycles. The summed E-state index contributed by atoms with van der Waals surface area (Å²) < 4.78 is 22.2. The van der Waals surface area contributed by atoms with Crippen molar-refractivity contribution < 1.29 is 23.2 Å². The Kier molecular flexibility index (Phi) is 8.20. The summed E-state index contributed by atoms with van der Waals surface area (Å²) >= 11 is 0. The third-order valence-corrected chi connectivity index (χ3v) is 1.26. The molecule has 2 atom stereocenters. The van der Waals surface area contributed by atoms with Gasteiger partial charge in [-0.3, -0.25) is 0 Å². The first-order valence-electron chi connectivity index (χ1n) is 1.13. The van der Waals surface area contributed by atoms with Crippen LogP contribution in [-0.4, -0.2) is 27.1 Å². The summed E-state index contributed by atoms with van der Waals surface area (Å²) in [6, 6.07) is 0. The molecule has 0 aromatic rings. The second-order valence-electron chi connectivity index (χ2n) is 0.557. The van der Waals surface area contributed by atoms with E-state index in [1.807, 2.05) is 0 Å². The Balaban J connectivity index is 0. The molecule has 0 spiro atoms. The molecule has 0 aliphatic heterocycles. The Morgan fingerprint density at radius 2 is 1.38 bits per heavy atom. The SMILES string of the molecule is O=[P+](O)O[P+](=O)O.[AlH3]. The van der Waals surface area contributed by atoms with Crippen molar-refractivity contribution in [1.82, 2.24) is 0 Å². The van der Waals surface area contributed by atoms with Gasteiger partial charge in [0.15, 0.2) is 21.7 Å². The molecule has 46 valence electrons. The van der Waals surface area contributed by atoms with Crippen molar-refractivity contribution in [2.24, 2.45) is 0 Å². The van der Waals surface area contributed by atoms with E-state index in [-0.39, 0.29) is 17.4 Å². The molecule has 0 saturated heterocycles. The monoisotopic (exact) mass is 174 g/mol. The molecule has 0 heterocycles. The van der Waals surface area contributed by atoms with Crippen LogP contribution >= 0.6 is 16.5 Å². The van der Waals surface area contributed by atoms with Gasteiger partial charge in [0.1, 0.15) is 0 Å². The molecular formula is H5AlO5P2+2. The van der Waals surface area contributed by atoms with Gasteiger partial charge in [-0.15, -0.1) is 9.79 Å². The minimum absolute atomic E-state index is 0. The average Bonchev–Trinajstić information content (AvgIpc) is 1.27. The second-order valence-corrected chi connectivity index (χ2v) is 2.16. The molecule has 0 fully saturated rings. The Morgan fingerprint density at radius 3 is 1.38 bits per heavy atom. The molecule has 0 rings (SSSR count). The Bertz CT molecular complexity index is 86.6. The van der Waals surface area contributed by atoms with E-state index in [4.69, 9.17) is 9.79 Å². The minimum Gasteiger partial charge on any atom is -0.131 e. The molecule has 0 aromatic heterocycles. The first kappa shape index (κ1) is 11.4. The normalized spacial score (nSPS) is 11.8. The van der Waals surface area contributed by atoms with Crippen LogP contribution in [0.1, 0.15) is 0 Å². The molecule has 5 nitrogen and oxygen atoms in total. The number of rotatable bonds is 2. The van der Waals surface area contributed by atoms with Gasteiger partial charge in [0.25, 0.3) is 0 Å². The molecule has 2 N–H and O–H groups in total. The van der Waals surface area contributed by atoms with Gasteiger partial charge in [0.2, 0.25) is 0 Å². The van der Waals surface area contributed by atoms with Crippen LogP contribution in [0.15, 0.2) is 0 Å². The predicted molar refractivity (Wildman–Crippen MR) is 30.7 cm³/mol. The molecule has 0 aliphatic rings. The van der Waals surface area contributed by atoms with Crippen LogP contribution in [0.4, 0.5) is 0 Å². The fourth-order valence-electron chi connectivity index (χ4n) is 0.0598. The molecular weight excluding hydrogens is 169 g/mol. The quantitative estimate of drug-likeness (QED) is 0.419. The maximum Gasteiger partial charge on any atom is 0.745 e. The summed E-state index contributed by atoms with van der Waals surface area (Å²) in [7, 11) is -5.85. The van der Waals surface area contributed by atoms with Crippen molar-refractivity contribution >= 4 is 33.9 Å². The average molecular weight is 174 g/mol. The van der Waals surface area contributed by atoms with E-state index >= 15 is 0 Å². The van der Waals surface area contributed by atoms with Gasteiger partial charge < -0.3 is 0 Å². The predicted octanol–water partition coefficient (Wildman–Crippen LogP) is -0.882. The van der Waals surface area contributed by atoms with Gasteiger partial charge in [-0.05, 0) is 0 Å². The van der Waals surface area contributed by atoms with E-state index in [9.17, 15) is 9.13 Å². The lowest BCUT2D eigenvalue weighted by Gasteiger charge is -1.50. The first-order valence-corrected chi connectivity index (χ1v) is 3.39. The van der Waals surface area contributed by atoms with Gasteiger partial charge in [-0.1, -0.05) is 0 Å². The highest BCUT2D eigenvalue weighted by Gasteiger charge is 2.31. The van der Waals surface area contributed by atoms with Crippen molar-refractivity contribution in [1.29, 1.82) is 0 Å². The Hall–Kier alpha value is 0.612. The Morgan fingerprint density at radius 1 is 1.12 bits per heavy atom. The number of hydrogen-bond donors (Lipinski definition) is 2. The van der Waals surface area contributed by atoms with Crippen LogP contribution in [-0.2, 0) is 13.4 Å². The van der Waals surface area contributed by atoms with Crippen molar-refractivity contribution in [2.45, 2.75) is 0 Å². The number of hydrogen-bond acceptors (Lipinski definition) is 3. The molecule has 0 aromatic carbocycles. The van der Waals surface area contributed by atoms with Crippen molar-refractivity contribution in [3.05, 3.63) is 0 Å². The largest absolute Gasteiger partial charge is 0.745 e. The van der Waals surface area contributed by atoms with E-state index in [2.05, 4.69) is 4.31 Å². The fourth-order valence-corrected chi connectivity index (χ4v) is 0.538. The van der Waals surface area contributed by atoms with Crippen LogP contribution in [0.3, 0.4) is 0 Å². The third-order valence-electron chi connectivity index (χ3n) is 0.140. The van der Waals surface area contributed by atoms with E-state index in [0.29, 0.717) is 0 Å². The highest BCUT2D eigenvalue weighted by Crippen LogP contribution is 2.30. The zero-order chi connectivity index (χ0) is 5.86. The van der Waals surface area contributed by atoms with Crippen LogP contribution in [0.25, 0.3) is 0 Å². The lowest BCUT2D eigenvalue weighted by Crippen LogP contribution is -1.58. The van der Waals surface area contributed by atoms with Gasteiger partial charge in [0.05, 0.1) is 0 Å². The molecule has 0 amide bonds. The molecule has 0 bridgehead atoms. The maximum absolute atomic E-state index is 9.39. The van der Waals surface area contributed by atoms with Crippen molar-refractivity contribution in [3.8, 4) is 0 Å². The molecule has 8 heavy (non-hydrogen) atoms. The molecule has 0 aliphatic carbocycles. The third kappa shape index (κ3) is 9.79. The van der Waals surface area contributed by atoms with Gasteiger partial charge >= 0.3 is 16.5 Å². The highest BCUT2D eigenvalue weighted by atomic mass is 31.2. The van der Waals surface area contributed by atoms with E-state index in [1.54, 1.807) is 0 Å². The van der Waals surface area contributed by atoms with Crippen molar-refractivity contribution in [3.63, 3.8) is 0 Å². The summed E-state index contributed by atoms with van der Waals surface area (Å²) in [5, 5.41) is 0. The second kappa shape index (κ2) is 5.74. The lowest BCUT2D eigenvalue weighted by molar-refractivity contribution is 0.371. The van der Waals surface area contributed by atoms with Crippen LogP contribution in [0, 0.1) is 0 Å². The summed E-state index contributed by atoms with van der Waals surface area (Å²) in [5.74, 6) is 0. The minimum atomic E-state index is -2.92. The van der Waals surface area contributed by atoms with Crippen LogP contribution < -0.4 is 0 Å². The van der Waals surface area contributed by atoms with Gasteiger partial charge in [0, 0.05) is 9.13 Å². The molecule has 8 heteroatoms. The fraction of sp³-hybridized carbons (Fsp3) is 0. The summed E-state index contributed by atoms with van der Waals surface area (Å²) in [6.45, 7) is 0. The van der Waals surface area contributed by atoms with E-state index in [1.165, 1.54) is 0 Å². The van der Waals surface area contributed by atoms with Gasteiger partial charge in [-0.2, -0.15) is 0 Å². The maximum atomic E-state index is 9.39.